The molecule has 1 aromatic heterocycles. The Morgan fingerprint density at radius 2 is 1.72 bits per heavy atom. The Morgan fingerprint density at radius 1 is 1.00 bits per heavy atom. The summed E-state index contributed by atoms with van der Waals surface area (Å²) in [5, 5.41) is 17.9. The molecule has 3 atom stereocenters. The highest BCUT2D eigenvalue weighted by Crippen LogP contribution is 2.41. The van der Waals surface area contributed by atoms with E-state index in [9.17, 15) is 33.5 Å². The maximum absolute atomic E-state index is 15.1. The van der Waals surface area contributed by atoms with Crippen molar-refractivity contribution in [3.63, 3.8) is 0 Å². The van der Waals surface area contributed by atoms with E-state index in [2.05, 4.69) is 16.0 Å². The highest BCUT2D eigenvalue weighted by atomic mass is 32.2. The number of hydrogen-bond donors (Lipinski definition) is 5. The highest BCUT2D eigenvalue weighted by molar-refractivity contribution is 7.99. The minimum absolute atomic E-state index is 0.0134. The maximum Gasteiger partial charge on any atom is 0.328 e. The fraction of sp³-hybridized carbons (Fsp3) is 0.512. The van der Waals surface area contributed by atoms with Crippen molar-refractivity contribution < 1.29 is 37.9 Å². The molecule has 318 valence electrons. The molecule has 6 N–H and O–H groups in total. The number of hydrogen-bond acceptors (Lipinski definition) is 8. The first-order valence-corrected chi connectivity index (χ1v) is 20.9. The van der Waals surface area contributed by atoms with Crippen molar-refractivity contribution in [2.45, 2.75) is 84.8 Å². The molecule has 0 spiro atoms. The van der Waals surface area contributed by atoms with Gasteiger partial charge in [-0.25, -0.2) is 13.6 Å². The Bertz CT molecular complexity index is 1820. The van der Waals surface area contributed by atoms with Crippen LogP contribution in [0.5, 0.6) is 0 Å². The van der Waals surface area contributed by atoms with Crippen molar-refractivity contribution in [2.24, 2.45) is 17.1 Å². The number of aliphatic carboxylic acids is 1. The van der Waals surface area contributed by atoms with Gasteiger partial charge in [-0.3, -0.25) is 14.4 Å². The molecule has 0 bridgehead atoms. The number of Topliss-reactive ketones (excluding diaryl/α,β-unsaturated/α-hetero) is 1. The lowest BCUT2D eigenvalue weighted by atomic mass is 9.83. The number of nitrogens with one attached hydrogen (secondary N) is 3. The summed E-state index contributed by atoms with van der Waals surface area (Å²) in [4.78, 5) is 65.4. The molecule has 0 aliphatic heterocycles. The number of nitrogens with zero attached hydrogens (tertiary/aromatic N) is 2. The molecule has 2 aromatic carbocycles. The Kier molecular flexibility index (Phi) is 19.5. The van der Waals surface area contributed by atoms with Gasteiger partial charge in [0.15, 0.2) is 0 Å². The second-order valence-corrected chi connectivity index (χ2v) is 16.7. The van der Waals surface area contributed by atoms with Gasteiger partial charge in [-0.2, -0.15) is 11.8 Å². The van der Waals surface area contributed by atoms with E-state index >= 15 is 4.39 Å². The molecule has 0 aliphatic carbocycles. The van der Waals surface area contributed by atoms with Gasteiger partial charge in [-0.1, -0.05) is 57.5 Å². The van der Waals surface area contributed by atoms with Crippen LogP contribution in [0.2, 0.25) is 0 Å². The van der Waals surface area contributed by atoms with Crippen LogP contribution in [0, 0.1) is 23.0 Å². The number of halogens is 2. The summed E-state index contributed by atoms with van der Waals surface area (Å²) in [6.45, 7) is 8.93. The first-order valence-electron chi connectivity index (χ1n) is 19.8. The normalized spacial score (nSPS) is 13.0. The molecule has 3 aromatic rings. The summed E-state index contributed by atoms with van der Waals surface area (Å²) in [6, 6.07) is 12.9. The van der Waals surface area contributed by atoms with Gasteiger partial charge in [0.2, 0.25) is 17.7 Å². The summed E-state index contributed by atoms with van der Waals surface area (Å²) >= 11 is 1.23. The van der Waals surface area contributed by atoms with Crippen molar-refractivity contribution in [3.05, 3.63) is 83.7 Å². The number of carboxylic acid groups (broad SMARTS) is 1. The van der Waals surface area contributed by atoms with Gasteiger partial charge in [0.1, 0.15) is 23.5 Å². The second-order valence-electron chi connectivity index (χ2n) is 15.6. The third kappa shape index (κ3) is 15.3. The van der Waals surface area contributed by atoms with Crippen molar-refractivity contribution in [3.8, 4) is 11.1 Å². The largest absolute Gasteiger partial charge is 0.480 e. The average molecular weight is 827 g/mol. The minimum atomic E-state index is -1.39. The molecule has 0 saturated carbocycles. The van der Waals surface area contributed by atoms with E-state index in [4.69, 9.17) is 5.73 Å². The molecule has 3 amide bonds. The number of amides is 3. The van der Waals surface area contributed by atoms with Crippen LogP contribution in [0.25, 0.3) is 11.1 Å². The van der Waals surface area contributed by atoms with Crippen LogP contribution >= 0.6 is 11.8 Å². The first kappa shape index (κ1) is 47.8. The standard InChI is InChI=1S/C43H60F2N6O6S/c1-29(52)22-31(14-9-10-19-47-5)41(55)48-25-36(42(56)57)49-38(53)17-21-58-28-39(54)51(20-11-18-46)40(43(2,3)4)37-23-32(34-24-33(44)15-16-35(34)45)27-50(37)26-30-12-7-6-8-13-30/h6-8,12-13,15-16,23-24,27,31,36,40,47H,9-11,14,17-22,25-26,28,46H2,1-5H3,(H,48,55)(H,49,53)(H,56,57)/t31-,36-,40+/m1/s1. The predicted octanol–water partition coefficient (Wildman–Crippen LogP) is 5.54. The molecule has 0 unspecified atom stereocenters. The number of ketones is 1. The molecule has 1 heterocycles. The van der Waals surface area contributed by atoms with Crippen LogP contribution in [-0.4, -0.2) is 94.8 Å². The van der Waals surface area contributed by atoms with E-state index < -0.39 is 52.8 Å². The van der Waals surface area contributed by atoms with Crippen LogP contribution in [-0.2, 0) is 30.5 Å². The van der Waals surface area contributed by atoms with Crippen LogP contribution in [0.15, 0.2) is 60.8 Å². The van der Waals surface area contributed by atoms with E-state index in [1.54, 1.807) is 11.1 Å². The molecule has 0 aliphatic rings. The number of aromatic nitrogens is 1. The third-order valence-electron chi connectivity index (χ3n) is 9.65. The SMILES string of the molecule is CNCCCC[C@H](CC(C)=O)C(=O)NC[C@@H](NC(=O)CCSCC(=O)N(CCCN)[C@@H](c1cc(-c2cc(F)ccc2F)cn1Cc1ccccc1)C(C)(C)C)C(=O)O. The fourth-order valence-electron chi connectivity index (χ4n) is 6.86. The number of nitrogens with two attached hydrogens (primary N) is 1. The number of carbonyl (C=O) groups is 5. The number of rotatable bonds is 25. The van der Waals surface area contributed by atoms with Crippen molar-refractivity contribution in [2.75, 3.05) is 44.7 Å². The number of thioether (sulfide) groups is 1. The van der Waals surface area contributed by atoms with E-state index in [1.807, 2.05) is 68.8 Å². The lowest BCUT2D eigenvalue weighted by Gasteiger charge is -2.41. The lowest BCUT2D eigenvalue weighted by molar-refractivity contribution is -0.142. The van der Waals surface area contributed by atoms with E-state index in [-0.39, 0.29) is 48.1 Å². The fourth-order valence-corrected chi connectivity index (χ4v) is 7.67. The number of unbranched alkanes of at least 4 members (excludes halogenated alkanes) is 1. The Hall–Kier alpha value is -4.60. The molecular formula is C43H60F2N6O6S. The zero-order chi connectivity index (χ0) is 42.8. The quantitative estimate of drug-likeness (QED) is 0.0688. The van der Waals surface area contributed by atoms with Gasteiger partial charge in [-0.05, 0) is 81.6 Å². The van der Waals surface area contributed by atoms with E-state index in [0.29, 0.717) is 44.5 Å². The molecule has 0 fully saturated rings. The van der Waals surface area contributed by atoms with Crippen LogP contribution in [0.1, 0.15) is 83.5 Å². The van der Waals surface area contributed by atoms with Crippen LogP contribution < -0.4 is 21.7 Å². The summed E-state index contributed by atoms with van der Waals surface area (Å²) < 4.78 is 31.4. The summed E-state index contributed by atoms with van der Waals surface area (Å²) in [7, 11) is 1.83. The van der Waals surface area contributed by atoms with Gasteiger partial charge in [0.05, 0.1) is 11.8 Å². The van der Waals surface area contributed by atoms with Gasteiger partial charge < -0.3 is 41.1 Å². The van der Waals surface area contributed by atoms with Crippen LogP contribution in [0.4, 0.5) is 8.78 Å². The molecule has 58 heavy (non-hydrogen) atoms. The molecule has 0 saturated heterocycles. The number of benzene rings is 2. The Balaban J connectivity index is 1.73. The highest BCUT2D eigenvalue weighted by Gasteiger charge is 2.37. The summed E-state index contributed by atoms with van der Waals surface area (Å²) in [5.41, 5.74) is 7.70. The third-order valence-corrected chi connectivity index (χ3v) is 10.6. The molecule has 3 rings (SSSR count). The monoisotopic (exact) mass is 826 g/mol. The zero-order valence-electron chi connectivity index (χ0n) is 34.3. The van der Waals surface area contributed by atoms with Crippen molar-refractivity contribution in [1.82, 2.24) is 25.4 Å². The molecular weight excluding hydrogens is 767 g/mol. The molecule has 0 radical (unpaired) electrons. The zero-order valence-corrected chi connectivity index (χ0v) is 35.1. The van der Waals surface area contributed by atoms with E-state index in [1.165, 1.54) is 18.7 Å². The van der Waals surface area contributed by atoms with Crippen LogP contribution in [0.3, 0.4) is 0 Å². The van der Waals surface area contributed by atoms with Crippen molar-refractivity contribution >= 4 is 41.2 Å². The van der Waals surface area contributed by atoms with Gasteiger partial charge in [0.25, 0.3) is 0 Å². The van der Waals surface area contributed by atoms with Gasteiger partial charge in [0, 0.05) is 67.2 Å². The van der Waals surface area contributed by atoms with E-state index in [0.717, 1.165) is 42.4 Å². The van der Waals surface area contributed by atoms with Crippen molar-refractivity contribution in [1.29, 1.82) is 0 Å². The average Bonchev–Trinajstić information content (AvgIpc) is 3.57. The smallest absolute Gasteiger partial charge is 0.328 e. The summed E-state index contributed by atoms with van der Waals surface area (Å²) in [5.74, 6) is -4.18. The summed E-state index contributed by atoms with van der Waals surface area (Å²) in [6.07, 6.45) is 4.27. The maximum atomic E-state index is 15.1. The Labute approximate surface area is 345 Å². The predicted molar refractivity (Wildman–Crippen MR) is 224 cm³/mol. The molecule has 15 heteroatoms. The topological polar surface area (TPSA) is 176 Å². The molecule has 12 nitrogen and oxygen atoms in total. The second kappa shape index (κ2) is 23.7. The van der Waals surface area contributed by atoms with Gasteiger partial charge in [-0.15, -0.1) is 0 Å². The minimum Gasteiger partial charge on any atom is -0.480 e. The first-order chi connectivity index (χ1) is 27.5. The Morgan fingerprint density at radius 3 is 2.36 bits per heavy atom. The number of carbonyl (C=O) groups excluding carboxylic acids is 4. The van der Waals surface area contributed by atoms with Gasteiger partial charge >= 0.3 is 5.97 Å². The lowest BCUT2D eigenvalue weighted by Crippen LogP contribution is -2.49. The number of carboxylic acids is 1.